The van der Waals surface area contributed by atoms with E-state index in [1.54, 1.807) is 19.1 Å². The quantitative estimate of drug-likeness (QED) is 0.832. The van der Waals surface area contributed by atoms with Gasteiger partial charge in [-0.15, -0.1) is 0 Å². The second-order valence-electron chi connectivity index (χ2n) is 2.79. The van der Waals surface area contributed by atoms with E-state index in [0.717, 1.165) is 4.47 Å². The van der Waals surface area contributed by atoms with Crippen molar-refractivity contribution in [3.63, 3.8) is 0 Å². The highest BCUT2D eigenvalue weighted by atomic mass is 79.9. The molecule has 66 valence electrons. The minimum atomic E-state index is -0.506. The second kappa shape index (κ2) is 4.01. The standard InChI is InChI=1S/C9H10BrFO/c1-6(12)4-7-5-8(10)2-3-9(7)11/h2-3,5-6,12H,4H2,1H3/t6-/m0/s1. The summed E-state index contributed by atoms with van der Waals surface area (Å²) in [4.78, 5) is 0. The van der Waals surface area contributed by atoms with Crippen molar-refractivity contribution in [2.24, 2.45) is 0 Å². The minimum absolute atomic E-state index is 0.265. The summed E-state index contributed by atoms with van der Waals surface area (Å²) in [6.07, 6.45) is -0.153. The highest BCUT2D eigenvalue weighted by Gasteiger charge is 2.05. The fraction of sp³-hybridized carbons (Fsp3) is 0.333. The van der Waals surface area contributed by atoms with Gasteiger partial charge in [-0.1, -0.05) is 15.9 Å². The van der Waals surface area contributed by atoms with Gasteiger partial charge < -0.3 is 5.11 Å². The molecule has 0 heterocycles. The number of aliphatic hydroxyl groups is 1. The average Bonchev–Trinajstić information content (AvgIpc) is 1.96. The smallest absolute Gasteiger partial charge is 0.126 e. The lowest BCUT2D eigenvalue weighted by Crippen LogP contribution is -2.05. The van der Waals surface area contributed by atoms with Gasteiger partial charge in [0.25, 0.3) is 0 Å². The maximum atomic E-state index is 13.0. The van der Waals surface area contributed by atoms with E-state index in [1.807, 2.05) is 0 Å². The van der Waals surface area contributed by atoms with Gasteiger partial charge in [-0.25, -0.2) is 4.39 Å². The molecular formula is C9H10BrFO. The summed E-state index contributed by atoms with van der Waals surface area (Å²) in [5.41, 5.74) is 0.541. The van der Waals surface area contributed by atoms with Crippen LogP contribution in [0.2, 0.25) is 0 Å². The van der Waals surface area contributed by atoms with Crippen molar-refractivity contribution in [2.45, 2.75) is 19.4 Å². The number of aliphatic hydroxyl groups excluding tert-OH is 1. The Morgan fingerprint density at radius 3 is 2.83 bits per heavy atom. The lowest BCUT2D eigenvalue weighted by atomic mass is 10.1. The lowest BCUT2D eigenvalue weighted by Gasteiger charge is -2.05. The van der Waals surface area contributed by atoms with Crippen LogP contribution < -0.4 is 0 Å². The Morgan fingerprint density at radius 2 is 2.25 bits per heavy atom. The molecule has 1 atom stereocenters. The third-order valence-electron chi connectivity index (χ3n) is 1.52. The molecule has 0 bridgehead atoms. The Bertz CT molecular complexity index is 273. The molecule has 0 aliphatic carbocycles. The predicted octanol–water partition coefficient (Wildman–Crippen LogP) is 2.51. The summed E-state index contributed by atoms with van der Waals surface area (Å²) in [5, 5.41) is 9.04. The molecule has 1 nitrogen and oxygen atoms in total. The van der Waals surface area contributed by atoms with Gasteiger partial charge in [0.1, 0.15) is 5.82 Å². The van der Waals surface area contributed by atoms with E-state index in [4.69, 9.17) is 5.11 Å². The zero-order valence-electron chi connectivity index (χ0n) is 6.72. The molecule has 0 amide bonds. The molecule has 1 aromatic rings. The third kappa shape index (κ3) is 2.57. The molecule has 0 spiro atoms. The third-order valence-corrected chi connectivity index (χ3v) is 2.02. The molecule has 0 fully saturated rings. The van der Waals surface area contributed by atoms with E-state index in [9.17, 15) is 4.39 Å². The van der Waals surface area contributed by atoms with Gasteiger partial charge in [-0.05, 0) is 30.7 Å². The highest BCUT2D eigenvalue weighted by molar-refractivity contribution is 9.10. The molecular weight excluding hydrogens is 223 g/mol. The van der Waals surface area contributed by atoms with E-state index >= 15 is 0 Å². The summed E-state index contributed by atoms with van der Waals surface area (Å²) >= 11 is 3.24. The van der Waals surface area contributed by atoms with Crippen molar-refractivity contribution >= 4 is 15.9 Å². The van der Waals surface area contributed by atoms with Crippen LogP contribution in [0.3, 0.4) is 0 Å². The number of rotatable bonds is 2. The van der Waals surface area contributed by atoms with E-state index < -0.39 is 6.10 Å². The molecule has 1 N–H and O–H groups in total. The van der Waals surface area contributed by atoms with Crippen molar-refractivity contribution in [1.82, 2.24) is 0 Å². The molecule has 3 heteroatoms. The van der Waals surface area contributed by atoms with Gasteiger partial charge in [-0.3, -0.25) is 0 Å². The average molecular weight is 233 g/mol. The van der Waals surface area contributed by atoms with Crippen LogP contribution in [0.4, 0.5) is 4.39 Å². The first kappa shape index (κ1) is 9.68. The molecule has 0 saturated carbocycles. The second-order valence-corrected chi connectivity index (χ2v) is 3.70. The van der Waals surface area contributed by atoms with Crippen LogP contribution in [-0.4, -0.2) is 11.2 Å². The minimum Gasteiger partial charge on any atom is -0.393 e. The highest BCUT2D eigenvalue weighted by Crippen LogP contribution is 2.16. The van der Waals surface area contributed by atoms with Gasteiger partial charge >= 0.3 is 0 Å². The number of hydrogen-bond donors (Lipinski definition) is 1. The van der Waals surface area contributed by atoms with Crippen molar-refractivity contribution in [1.29, 1.82) is 0 Å². The van der Waals surface area contributed by atoms with Crippen LogP contribution in [0.15, 0.2) is 22.7 Å². The summed E-state index contributed by atoms with van der Waals surface area (Å²) < 4.78 is 13.8. The maximum Gasteiger partial charge on any atom is 0.126 e. The Hall–Kier alpha value is -0.410. The first-order chi connectivity index (χ1) is 5.59. The van der Waals surface area contributed by atoms with Crippen LogP contribution >= 0.6 is 15.9 Å². The van der Waals surface area contributed by atoms with Crippen molar-refractivity contribution in [2.75, 3.05) is 0 Å². The van der Waals surface area contributed by atoms with Crippen LogP contribution in [0.1, 0.15) is 12.5 Å². The summed E-state index contributed by atoms with van der Waals surface area (Å²) in [5.74, 6) is -0.265. The van der Waals surface area contributed by atoms with Gasteiger partial charge in [0, 0.05) is 10.9 Å². The molecule has 0 aliphatic heterocycles. The molecule has 1 aromatic carbocycles. The Morgan fingerprint density at radius 1 is 1.58 bits per heavy atom. The molecule has 0 aromatic heterocycles. The van der Waals surface area contributed by atoms with E-state index in [2.05, 4.69) is 15.9 Å². The zero-order valence-corrected chi connectivity index (χ0v) is 8.31. The molecule has 1 rings (SSSR count). The molecule has 0 radical (unpaired) electrons. The number of benzene rings is 1. The molecule has 0 unspecified atom stereocenters. The van der Waals surface area contributed by atoms with Crippen LogP contribution in [0.5, 0.6) is 0 Å². The Kier molecular flexibility index (Phi) is 3.23. The van der Waals surface area contributed by atoms with E-state index in [-0.39, 0.29) is 5.82 Å². The number of hydrogen-bond acceptors (Lipinski definition) is 1. The number of halogens is 2. The van der Waals surface area contributed by atoms with E-state index in [0.29, 0.717) is 12.0 Å². The summed E-state index contributed by atoms with van der Waals surface area (Å²) in [6.45, 7) is 1.64. The van der Waals surface area contributed by atoms with Gasteiger partial charge in [0.2, 0.25) is 0 Å². The topological polar surface area (TPSA) is 20.2 Å². The largest absolute Gasteiger partial charge is 0.393 e. The summed E-state index contributed by atoms with van der Waals surface area (Å²) in [6, 6.07) is 4.71. The van der Waals surface area contributed by atoms with Crippen molar-refractivity contribution in [3.05, 3.63) is 34.1 Å². The Labute approximate surface area is 79.4 Å². The van der Waals surface area contributed by atoms with Crippen LogP contribution in [0, 0.1) is 5.82 Å². The van der Waals surface area contributed by atoms with Gasteiger partial charge in [-0.2, -0.15) is 0 Å². The first-order valence-electron chi connectivity index (χ1n) is 3.71. The summed E-state index contributed by atoms with van der Waals surface area (Å²) in [7, 11) is 0. The zero-order chi connectivity index (χ0) is 9.14. The lowest BCUT2D eigenvalue weighted by molar-refractivity contribution is 0.194. The van der Waals surface area contributed by atoms with Crippen molar-refractivity contribution < 1.29 is 9.50 Å². The van der Waals surface area contributed by atoms with Crippen molar-refractivity contribution in [3.8, 4) is 0 Å². The monoisotopic (exact) mass is 232 g/mol. The molecule has 0 aliphatic rings. The van der Waals surface area contributed by atoms with Crippen LogP contribution in [-0.2, 0) is 6.42 Å². The fourth-order valence-corrected chi connectivity index (χ4v) is 1.43. The first-order valence-corrected chi connectivity index (χ1v) is 4.51. The van der Waals surface area contributed by atoms with Gasteiger partial charge in [0.05, 0.1) is 6.10 Å². The normalized spacial score (nSPS) is 13.0. The molecule has 12 heavy (non-hydrogen) atoms. The molecule has 0 saturated heterocycles. The fourth-order valence-electron chi connectivity index (χ4n) is 1.02. The van der Waals surface area contributed by atoms with Crippen LogP contribution in [0.25, 0.3) is 0 Å². The Balaban J connectivity index is 2.90. The van der Waals surface area contributed by atoms with Gasteiger partial charge in [0.15, 0.2) is 0 Å². The predicted molar refractivity (Wildman–Crippen MR) is 49.5 cm³/mol. The SMILES string of the molecule is C[C@H](O)Cc1cc(Br)ccc1F. The maximum absolute atomic E-state index is 13.0. The van der Waals surface area contributed by atoms with E-state index in [1.165, 1.54) is 6.07 Å².